The smallest absolute Gasteiger partial charge is 0.330 e. The van der Waals surface area contributed by atoms with Gasteiger partial charge in [-0.15, -0.1) is 0 Å². The van der Waals surface area contributed by atoms with Crippen molar-refractivity contribution in [2.24, 2.45) is 7.05 Å². The first-order valence-electron chi connectivity index (χ1n) is 9.60. The molecule has 0 spiro atoms. The van der Waals surface area contributed by atoms with E-state index in [1.165, 1.54) is 4.57 Å². The Hall–Kier alpha value is -3.48. The number of carboxylic acid groups (broad SMARTS) is 1. The molecule has 7 heteroatoms. The van der Waals surface area contributed by atoms with Gasteiger partial charge in [0, 0.05) is 29.8 Å². The minimum Gasteiger partial charge on any atom is -0.480 e. The summed E-state index contributed by atoms with van der Waals surface area (Å²) < 4.78 is 5.04. The molecule has 4 aromatic rings. The van der Waals surface area contributed by atoms with Crippen LogP contribution in [-0.4, -0.2) is 24.8 Å². The van der Waals surface area contributed by atoms with Crippen LogP contribution in [0.15, 0.2) is 47.4 Å². The molecule has 0 amide bonds. The third-order valence-corrected chi connectivity index (χ3v) is 5.60. The molecule has 29 heavy (non-hydrogen) atoms. The van der Waals surface area contributed by atoms with E-state index in [2.05, 4.69) is 19.1 Å². The van der Waals surface area contributed by atoms with Crippen molar-refractivity contribution in [2.45, 2.75) is 32.9 Å². The fourth-order valence-electron chi connectivity index (χ4n) is 4.24. The molecule has 1 atom stereocenters. The van der Waals surface area contributed by atoms with Gasteiger partial charge in [-0.3, -0.25) is 9.13 Å². The van der Waals surface area contributed by atoms with Crippen LogP contribution in [0.5, 0.6) is 0 Å². The molecule has 7 nitrogen and oxygen atoms in total. The van der Waals surface area contributed by atoms with Gasteiger partial charge in [-0.05, 0) is 48.7 Å². The van der Waals surface area contributed by atoms with Gasteiger partial charge in [0.15, 0.2) is 0 Å². The van der Waals surface area contributed by atoms with E-state index in [1.54, 1.807) is 29.7 Å². The van der Waals surface area contributed by atoms with Crippen LogP contribution in [0.1, 0.15) is 30.5 Å². The fraction of sp³-hybridized carbons (Fsp3) is 0.273. The molecule has 0 radical (unpaired) electrons. The SMILES string of the molecule is CC[C@@H](C(=O)O)n1c(=O)n(Cc2cn(C)c3cccc(C)c23)c2ccc(N)cc21. The molecule has 0 saturated heterocycles. The summed E-state index contributed by atoms with van der Waals surface area (Å²) in [4.78, 5) is 25.2. The van der Waals surface area contributed by atoms with E-state index in [0.717, 1.165) is 22.0 Å². The van der Waals surface area contributed by atoms with E-state index >= 15 is 0 Å². The van der Waals surface area contributed by atoms with E-state index in [9.17, 15) is 14.7 Å². The fourth-order valence-corrected chi connectivity index (χ4v) is 4.24. The van der Waals surface area contributed by atoms with Gasteiger partial charge < -0.3 is 15.4 Å². The second kappa shape index (κ2) is 6.84. The Labute approximate surface area is 167 Å². The number of benzene rings is 2. The van der Waals surface area contributed by atoms with Gasteiger partial charge in [0.25, 0.3) is 0 Å². The molecule has 0 fully saturated rings. The molecular weight excluding hydrogens is 368 g/mol. The molecule has 0 unspecified atom stereocenters. The predicted molar refractivity (Wildman–Crippen MR) is 114 cm³/mol. The molecule has 2 aromatic heterocycles. The normalized spacial score (nSPS) is 12.7. The number of hydrogen-bond acceptors (Lipinski definition) is 3. The number of hydrogen-bond donors (Lipinski definition) is 2. The number of aromatic nitrogens is 3. The van der Waals surface area contributed by atoms with E-state index in [1.807, 2.05) is 23.9 Å². The number of rotatable bonds is 5. The van der Waals surface area contributed by atoms with Gasteiger partial charge >= 0.3 is 11.7 Å². The lowest BCUT2D eigenvalue weighted by molar-refractivity contribution is -0.141. The first-order valence-corrected chi connectivity index (χ1v) is 9.60. The van der Waals surface area contributed by atoms with E-state index < -0.39 is 12.0 Å². The van der Waals surface area contributed by atoms with Gasteiger partial charge in [0.1, 0.15) is 6.04 Å². The van der Waals surface area contributed by atoms with Crippen LogP contribution >= 0.6 is 0 Å². The Kier molecular flexibility index (Phi) is 4.45. The largest absolute Gasteiger partial charge is 0.480 e. The Balaban J connectivity index is 1.98. The first-order chi connectivity index (χ1) is 13.8. The molecule has 0 aliphatic carbocycles. The van der Waals surface area contributed by atoms with Crippen molar-refractivity contribution in [3.8, 4) is 0 Å². The Morgan fingerprint density at radius 2 is 1.93 bits per heavy atom. The van der Waals surface area contributed by atoms with Gasteiger partial charge in [-0.25, -0.2) is 9.59 Å². The monoisotopic (exact) mass is 392 g/mol. The number of fused-ring (bicyclic) bond motifs is 2. The first kappa shape index (κ1) is 18.9. The summed E-state index contributed by atoms with van der Waals surface area (Å²) in [5.74, 6) is -1.03. The lowest BCUT2D eigenvalue weighted by Crippen LogP contribution is -2.31. The number of nitrogens with zero attached hydrogens (tertiary/aromatic N) is 3. The Morgan fingerprint density at radius 1 is 1.17 bits per heavy atom. The zero-order valence-corrected chi connectivity index (χ0v) is 16.7. The number of nitrogen functional groups attached to an aromatic ring is 1. The number of carboxylic acids is 1. The van der Waals surface area contributed by atoms with Crippen LogP contribution in [0, 0.1) is 6.92 Å². The summed E-state index contributed by atoms with van der Waals surface area (Å²) in [5, 5.41) is 10.8. The molecule has 150 valence electrons. The van der Waals surface area contributed by atoms with Crippen molar-refractivity contribution in [3.63, 3.8) is 0 Å². The Bertz CT molecular complexity index is 1310. The second-order valence-corrected chi connectivity index (χ2v) is 7.48. The summed E-state index contributed by atoms with van der Waals surface area (Å²) >= 11 is 0. The summed E-state index contributed by atoms with van der Waals surface area (Å²) in [6.07, 6.45) is 2.33. The number of aryl methyl sites for hydroxylation is 2. The Morgan fingerprint density at radius 3 is 2.62 bits per heavy atom. The number of aliphatic carboxylic acids is 1. The molecule has 2 aromatic carbocycles. The van der Waals surface area contributed by atoms with Crippen molar-refractivity contribution in [3.05, 3.63) is 64.2 Å². The van der Waals surface area contributed by atoms with Crippen molar-refractivity contribution in [2.75, 3.05) is 5.73 Å². The average molecular weight is 392 g/mol. The number of anilines is 1. The van der Waals surface area contributed by atoms with E-state index in [0.29, 0.717) is 29.7 Å². The summed E-state index contributed by atoms with van der Waals surface area (Å²) in [5.41, 5.74) is 10.6. The number of nitrogens with two attached hydrogens (primary N) is 1. The third-order valence-electron chi connectivity index (χ3n) is 5.60. The topological polar surface area (TPSA) is 95.2 Å². The molecule has 2 heterocycles. The summed E-state index contributed by atoms with van der Waals surface area (Å²) in [6, 6.07) is 10.4. The highest BCUT2D eigenvalue weighted by atomic mass is 16.4. The molecule has 0 aliphatic rings. The number of imidazole rings is 1. The van der Waals surface area contributed by atoms with Crippen LogP contribution in [0.25, 0.3) is 21.9 Å². The van der Waals surface area contributed by atoms with Crippen molar-refractivity contribution in [1.29, 1.82) is 0 Å². The van der Waals surface area contributed by atoms with Gasteiger partial charge in [0.2, 0.25) is 0 Å². The average Bonchev–Trinajstić information content (AvgIpc) is 3.13. The lowest BCUT2D eigenvalue weighted by Gasteiger charge is -2.11. The highest BCUT2D eigenvalue weighted by Crippen LogP contribution is 2.27. The van der Waals surface area contributed by atoms with Crippen molar-refractivity contribution < 1.29 is 9.90 Å². The lowest BCUT2D eigenvalue weighted by atomic mass is 10.1. The van der Waals surface area contributed by atoms with Crippen LogP contribution < -0.4 is 11.4 Å². The molecular formula is C22H24N4O3. The van der Waals surface area contributed by atoms with Crippen LogP contribution in [0.3, 0.4) is 0 Å². The van der Waals surface area contributed by atoms with Gasteiger partial charge in [-0.1, -0.05) is 19.1 Å². The predicted octanol–water partition coefficient (Wildman–Crippen LogP) is 3.27. The van der Waals surface area contributed by atoms with Crippen molar-refractivity contribution >= 4 is 33.6 Å². The van der Waals surface area contributed by atoms with E-state index in [-0.39, 0.29) is 5.69 Å². The maximum Gasteiger partial charge on any atom is 0.330 e. The van der Waals surface area contributed by atoms with Crippen molar-refractivity contribution in [1.82, 2.24) is 13.7 Å². The highest BCUT2D eigenvalue weighted by molar-refractivity contribution is 5.88. The van der Waals surface area contributed by atoms with E-state index in [4.69, 9.17) is 5.73 Å². The molecule has 0 bridgehead atoms. The maximum atomic E-state index is 13.4. The third kappa shape index (κ3) is 2.90. The molecule has 0 aliphatic heterocycles. The maximum absolute atomic E-state index is 13.4. The highest BCUT2D eigenvalue weighted by Gasteiger charge is 2.25. The molecule has 0 saturated carbocycles. The minimum atomic E-state index is -1.03. The van der Waals surface area contributed by atoms with Crippen LogP contribution in [0.4, 0.5) is 5.69 Å². The second-order valence-electron chi connectivity index (χ2n) is 7.48. The zero-order valence-electron chi connectivity index (χ0n) is 16.7. The summed E-state index contributed by atoms with van der Waals surface area (Å²) in [6.45, 7) is 4.16. The molecule has 4 rings (SSSR count). The van der Waals surface area contributed by atoms with Crippen LogP contribution in [0.2, 0.25) is 0 Å². The summed E-state index contributed by atoms with van der Waals surface area (Å²) in [7, 11) is 1.98. The standard InChI is InChI=1S/C22H24N4O3/c1-4-16(21(27)28)26-19-10-15(23)8-9-17(19)25(22(26)29)12-14-11-24(3)18-7-5-6-13(2)20(14)18/h5-11,16H,4,12,23H2,1-3H3,(H,27,28)/t16-/m0/s1. The van der Waals surface area contributed by atoms with Crippen LogP contribution in [-0.2, 0) is 18.4 Å². The zero-order chi connectivity index (χ0) is 20.9. The molecule has 3 N–H and O–H groups in total. The minimum absolute atomic E-state index is 0.302. The van der Waals surface area contributed by atoms with Gasteiger partial charge in [0.05, 0.1) is 17.6 Å². The van der Waals surface area contributed by atoms with Gasteiger partial charge in [-0.2, -0.15) is 0 Å². The quantitative estimate of drug-likeness (QED) is 0.510. The number of carbonyl (C=O) groups is 1.